The molecule has 0 bridgehead atoms. The Morgan fingerprint density at radius 2 is 2.10 bits per heavy atom. The van der Waals surface area contributed by atoms with E-state index in [9.17, 15) is 4.39 Å². The highest BCUT2D eigenvalue weighted by Gasteiger charge is 2.14. The number of anilines is 1. The van der Waals surface area contributed by atoms with Crippen molar-refractivity contribution in [3.63, 3.8) is 0 Å². The number of aromatic nitrogens is 2. The maximum Gasteiger partial charge on any atom is 0.187 e. The van der Waals surface area contributed by atoms with E-state index in [1.807, 2.05) is 38.2 Å². The van der Waals surface area contributed by atoms with E-state index in [1.54, 1.807) is 12.0 Å². The van der Waals surface area contributed by atoms with Crippen LogP contribution in [0.1, 0.15) is 18.2 Å². The molecule has 1 aromatic carbocycles. The Morgan fingerprint density at radius 1 is 1.30 bits per heavy atom. The molecule has 0 atom stereocenters. The lowest BCUT2D eigenvalue weighted by atomic mass is 10.2. The van der Waals surface area contributed by atoms with Gasteiger partial charge in [-0.3, -0.25) is 0 Å². The van der Waals surface area contributed by atoms with Crippen molar-refractivity contribution in [2.24, 2.45) is 0 Å². The fourth-order valence-electron chi connectivity index (χ4n) is 2.03. The highest BCUT2D eigenvalue weighted by atomic mass is 19.1. The minimum Gasteiger partial charge on any atom is -0.497 e. The number of hydrogen-bond donors (Lipinski definition) is 0. The summed E-state index contributed by atoms with van der Waals surface area (Å²) in [5, 5.41) is 0. The molecule has 2 aromatic rings. The first-order valence-corrected chi connectivity index (χ1v) is 6.49. The monoisotopic (exact) mass is 275 g/mol. The molecule has 0 unspecified atom stereocenters. The van der Waals surface area contributed by atoms with Gasteiger partial charge in [-0.15, -0.1) is 0 Å². The first-order valence-electron chi connectivity index (χ1n) is 6.49. The zero-order valence-corrected chi connectivity index (χ0v) is 11.9. The summed E-state index contributed by atoms with van der Waals surface area (Å²) in [4.78, 5) is 9.74. The molecule has 0 fully saturated rings. The van der Waals surface area contributed by atoms with Crippen LogP contribution in [0.25, 0.3) is 0 Å². The van der Waals surface area contributed by atoms with E-state index in [2.05, 4.69) is 9.97 Å². The van der Waals surface area contributed by atoms with Gasteiger partial charge in [-0.2, -0.15) is 0 Å². The van der Waals surface area contributed by atoms with Crippen LogP contribution in [-0.2, 0) is 13.0 Å². The third-order valence-electron chi connectivity index (χ3n) is 3.09. The fraction of sp³-hybridized carbons (Fsp3) is 0.333. The zero-order valence-electron chi connectivity index (χ0n) is 11.9. The Bertz CT molecular complexity index is 589. The molecule has 1 aromatic heterocycles. The smallest absolute Gasteiger partial charge is 0.187 e. The van der Waals surface area contributed by atoms with E-state index in [4.69, 9.17) is 4.74 Å². The van der Waals surface area contributed by atoms with Gasteiger partial charge >= 0.3 is 0 Å². The van der Waals surface area contributed by atoms with Gasteiger partial charge in [-0.05, 0) is 24.1 Å². The molecule has 106 valence electrons. The highest BCUT2D eigenvalue weighted by Crippen LogP contribution is 2.20. The third kappa shape index (κ3) is 3.04. The lowest BCUT2D eigenvalue weighted by molar-refractivity contribution is 0.414. The van der Waals surface area contributed by atoms with Crippen molar-refractivity contribution in [3.8, 4) is 5.75 Å². The highest BCUT2D eigenvalue weighted by molar-refractivity contribution is 5.41. The van der Waals surface area contributed by atoms with Crippen LogP contribution in [0.3, 0.4) is 0 Å². The van der Waals surface area contributed by atoms with E-state index in [-0.39, 0.29) is 5.82 Å². The number of nitrogens with zero attached hydrogens (tertiary/aromatic N) is 3. The second-order valence-electron chi connectivity index (χ2n) is 4.52. The van der Waals surface area contributed by atoms with Gasteiger partial charge in [0.15, 0.2) is 11.6 Å². The fourth-order valence-corrected chi connectivity index (χ4v) is 2.03. The van der Waals surface area contributed by atoms with Gasteiger partial charge in [0.25, 0.3) is 0 Å². The molecule has 0 aliphatic rings. The third-order valence-corrected chi connectivity index (χ3v) is 3.09. The lowest BCUT2D eigenvalue weighted by Crippen LogP contribution is -2.20. The SMILES string of the molecule is CCc1ncnc(N(C)Cc2cccc(OC)c2)c1F. The van der Waals surface area contributed by atoms with Gasteiger partial charge in [0.1, 0.15) is 12.1 Å². The summed E-state index contributed by atoms with van der Waals surface area (Å²) < 4.78 is 19.4. The largest absolute Gasteiger partial charge is 0.497 e. The quantitative estimate of drug-likeness (QED) is 0.841. The van der Waals surface area contributed by atoms with Crippen LogP contribution in [0.15, 0.2) is 30.6 Å². The van der Waals surface area contributed by atoms with E-state index in [0.29, 0.717) is 24.5 Å². The van der Waals surface area contributed by atoms with Gasteiger partial charge in [0.2, 0.25) is 0 Å². The minimum absolute atomic E-state index is 0.319. The van der Waals surface area contributed by atoms with Gasteiger partial charge in [-0.1, -0.05) is 19.1 Å². The molecular weight excluding hydrogens is 257 g/mol. The number of benzene rings is 1. The second kappa shape index (κ2) is 6.32. The Hall–Kier alpha value is -2.17. The van der Waals surface area contributed by atoms with Crippen molar-refractivity contribution in [1.29, 1.82) is 0 Å². The van der Waals surface area contributed by atoms with Crippen molar-refractivity contribution in [2.45, 2.75) is 19.9 Å². The van der Waals surface area contributed by atoms with Crippen LogP contribution in [0.5, 0.6) is 5.75 Å². The molecule has 0 amide bonds. The Morgan fingerprint density at radius 3 is 2.80 bits per heavy atom. The normalized spacial score (nSPS) is 10.4. The molecule has 2 rings (SSSR count). The van der Waals surface area contributed by atoms with Gasteiger partial charge in [-0.25, -0.2) is 14.4 Å². The predicted octanol–water partition coefficient (Wildman–Crippen LogP) is 2.82. The van der Waals surface area contributed by atoms with Crippen LogP contribution in [0.4, 0.5) is 10.2 Å². The Balaban J connectivity index is 2.21. The molecule has 0 radical (unpaired) electrons. The summed E-state index contributed by atoms with van der Waals surface area (Å²) in [6, 6.07) is 7.69. The van der Waals surface area contributed by atoms with Gasteiger partial charge in [0, 0.05) is 13.6 Å². The van der Waals surface area contributed by atoms with Crippen molar-refractivity contribution < 1.29 is 9.13 Å². The summed E-state index contributed by atoms with van der Waals surface area (Å²) >= 11 is 0. The number of methoxy groups -OCH3 is 1. The molecule has 0 aliphatic heterocycles. The first-order chi connectivity index (χ1) is 9.65. The standard InChI is InChI=1S/C15H18FN3O/c1-4-13-14(16)15(18-10-17-13)19(2)9-11-6-5-7-12(8-11)20-3/h5-8,10H,4,9H2,1-3H3. The molecule has 0 saturated carbocycles. The van der Waals surface area contributed by atoms with Crippen LogP contribution < -0.4 is 9.64 Å². The number of halogens is 1. The molecule has 1 heterocycles. The molecule has 0 aliphatic carbocycles. The van der Waals surface area contributed by atoms with Crippen LogP contribution in [0, 0.1) is 5.82 Å². The molecule has 0 spiro atoms. The minimum atomic E-state index is -0.347. The lowest BCUT2D eigenvalue weighted by Gasteiger charge is -2.19. The molecule has 20 heavy (non-hydrogen) atoms. The summed E-state index contributed by atoms with van der Waals surface area (Å²) in [5.74, 6) is 0.758. The Kier molecular flexibility index (Phi) is 4.50. The zero-order chi connectivity index (χ0) is 14.5. The number of aryl methyl sites for hydroxylation is 1. The number of ether oxygens (including phenoxy) is 1. The summed E-state index contributed by atoms with van der Waals surface area (Å²) in [6.07, 6.45) is 1.95. The Labute approximate surface area is 118 Å². The van der Waals surface area contributed by atoms with Crippen molar-refractivity contribution >= 4 is 5.82 Å². The van der Waals surface area contributed by atoms with Crippen molar-refractivity contribution in [3.05, 3.63) is 47.7 Å². The van der Waals surface area contributed by atoms with Crippen molar-refractivity contribution in [2.75, 3.05) is 19.1 Å². The van der Waals surface area contributed by atoms with E-state index >= 15 is 0 Å². The van der Waals surface area contributed by atoms with Crippen molar-refractivity contribution in [1.82, 2.24) is 9.97 Å². The first kappa shape index (κ1) is 14.2. The number of hydrogen-bond acceptors (Lipinski definition) is 4. The molecule has 5 heteroatoms. The molecule has 4 nitrogen and oxygen atoms in total. The van der Waals surface area contributed by atoms with Crippen LogP contribution >= 0.6 is 0 Å². The topological polar surface area (TPSA) is 38.2 Å². The maximum absolute atomic E-state index is 14.2. The molecular formula is C15H18FN3O. The summed E-state index contributed by atoms with van der Waals surface area (Å²) in [6.45, 7) is 2.42. The maximum atomic E-state index is 14.2. The van der Waals surface area contributed by atoms with Crippen LogP contribution in [0.2, 0.25) is 0 Å². The number of rotatable bonds is 5. The van der Waals surface area contributed by atoms with Crippen LogP contribution in [-0.4, -0.2) is 24.1 Å². The predicted molar refractivity (Wildman–Crippen MR) is 76.5 cm³/mol. The van der Waals surface area contributed by atoms with E-state index in [0.717, 1.165) is 11.3 Å². The average molecular weight is 275 g/mol. The average Bonchev–Trinajstić information content (AvgIpc) is 2.47. The summed E-state index contributed by atoms with van der Waals surface area (Å²) in [5.41, 5.74) is 1.47. The second-order valence-corrected chi connectivity index (χ2v) is 4.52. The van der Waals surface area contributed by atoms with E-state index < -0.39 is 0 Å². The molecule has 0 N–H and O–H groups in total. The summed E-state index contributed by atoms with van der Waals surface area (Å²) in [7, 11) is 3.44. The molecule has 0 saturated heterocycles. The van der Waals surface area contributed by atoms with Gasteiger partial charge in [0.05, 0.1) is 12.8 Å². The van der Waals surface area contributed by atoms with Gasteiger partial charge < -0.3 is 9.64 Å². The van der Waals surface area contributed by atoms with E-state index in [1.165, 1.54) is 6.33 Å².